The van der Waals surface area contributed by atoms with Gasteiger partial charge in [-0.15, -0.1) is 0 Å². The summed E-state index contributed by atoms with van der Waals surface area (Å²) in [6.07, 6.45) is -2.79. The van der Waals surface area contributed by atoms with E-state index < -0.39 is 11.7 Å². The average molecular weight is 371 g/mol. The second kappa shape index (κ2) is 7.16. The standard InChI is InChI=1S/C20H16F3N3O/c1-2-19(27)25-15-10-17-13(11-24)4-3-5-18(17)26(12-15)16-8-6-14(7-9-16)20(21,22)23/h2-9,15H,1,10,12H2,(H,25,27). The van der Waals surface area contributed by atoms with E-state index in [2.05, 4.69) is 18.0 Å². The zero-order valence-corrected chi connectivity index (χ0v) is 14.3. The molecule has 0 aromatic heterocycles. The molecule has 0 aliphatic carbocycles. The lowest BCUT2D eigenvalue weighted by atomic mass is 9.93. The maximum atomic E-state index is 12.8. The number of nitrogens with one attached hydrogen (secondary N) is 1. The molecule has 1 unspecified atom stereocenters. The summed E-state index contributed by atoms with van der Waals surface area (Å²) in [5, 5.41) is 12.2. The first kappa shape index (κ1) is 18.5. The van der Waals surface area contributed by atoms with Gasteiger partial charge < -0.3 is 10.2 Å². The van der Waals surface area contributed by atoms with Crippen molar-refractivity contribution in [2.24, 2.45) is 0 Å². The van der Waals surface area contributed by atoms with Crippen LogP contribution < -0.4 is 10.2 Å². The lowest BCUT2D eigenvalue weighted by Gasteiger charge is -2.37. The van der Waals surface area contributed by atoms with Crippen LogP contribution in [0.15, 0.2) is 55.1 Å². The highest BCUT2D eigenvalue weighted by Crippen LogP contribution is 2.37. The van der Waals surface area contributed by atoms with Gasteiger partial charge in [0.1, 0.15) is 0 Å². The van der Waals surface area contributed by atoms with E-state index >= 15 is 0 Å². The smallest absolute Gasteiger partial charge is 0.348 e. The van der Waals surface area contributed by atoms with Crippen LogP contribution in [-0.4, -0.2) is 18.5 Å². The molecule has 1 aliphatic heterocycles. The molecule has 0 bridgehead atoms. The SMILES string of the molecule is C=CC(=O)NC1Cc2c(C#N)cccc2N(c2ccc(C(F)(F)F)cc2)C1. The van der Waals surface area contributed by atoms with Gasteiger partial charge in [-0.25, -0.2) is 0 Å². The normalized spacial score (nSPS) is 16.2. The first-order chi connectivity index (χ1) is 12.8. The molecule has 0 spiro atoms. The van der Waals surface area contributed by atoms with Crippen LogP contribution in [0, 0.1) is 11.3 Å². The summed E-state index contributed by atoms with van der Waals surface area (Å²) >= 11 is 0. The number of carbonyl (C=O) groups is 1. The topological polar surface area (TPSA) is 56.1 Å². The molecule has 1 amide bonds. The molecule has 0 saturated heterocycles. The monoisotopic (exact) mass is 371 g/mol. The molecule has 27 heavy (non-hydrogen) atoms. The number of nitrogens with zero attached hydrogens (tertiary/aromatic N) is 2. The van der Waals surface area contributed by atoms with Crippen molar-refractivity contribution in [3.05, 3.63) is 71.8 Å². The first-order valence-corrected chi connectivity index (χ1v) is 8.23. The molecule has 0 radical (unpaired) electrons. The van der Waals surface area contributed by atoms with Gasteiger partial charge in [-0.2, -0.15) is 18.4 Å². The van der Waals surface area contributed by atoms with Gasteiger partial charge in [-0.05, 0) is 54.5 Å². The molecular weight excluding hydrogens is 355 g/mol. The maximum absolute atomic E-state index is 12.8. The predicted molar refractivity (Wildman–Crippen MR) is 95.4 cm³/mol. The van der Waals surface area contributed by atoms with Crippen molar-refractivity contribution in [3.63, 3.8) is 0 Å². The molecule has 1 atom stereocenters. The first-order valence-electron chi connectivity index (χ1n) is 8.23. The van der Waals surface area contributed by atoms with Crippen molar-refractivity contribution in [3.8, 4) is 6.07 Å². The Morgan fingerprint density at radius 3 is 2.56 bits per heavy atom. The second-order valence-corrected chi connectivity index (χ2v) is 6.18. The van der Waals surface area contributed by atoms with Crippen molar-refractivity contribution in [2.45, 2.75) is 18.6 Å². The Morgan fingerprint density at radius 1 is 1.26 bits per heavy atom. The summed E-state index contributed by atoms with van der Waals surface area (Å²) in [4.78, 5) is 13.5. The third kappa shape index (κ3) is 3.80. The third-order valence-corrected chi connectivity index (χ3v) is 4.45. The fourth-order valence-corrected chi connectivity index (χ4v) is 3.21. The van der Waals surface area contributed by atoms with Crippen LogP contribution in [-0.2, 0) is 17.4 Å². The van der Waals surface area contributed by atoms with Crippen molar-refractivity contribution in [2.75, 3.05) is 11.4 Å². The Labute approximate surface area is 154 Å². The molecule has 1 N–H and O–H groups in total. The Bertz CT molecular complexity index is 914. The van der Waals surface area contributed by atoms with E-state index in [0.29, 0.717) is 24.2 Å². The van der Waals surface area contributed by atoms with E-state index in [4.69, 9.17) is 0 Å². The number of hydrogen-bond acceptors (Lipinski definition) is 3. The number of rotatable bonds is 3. The minimum Gasteiger partial charge on any atom is -0.348 e. The zero-order chi connectivity index (χ0) is 19.6. The molecule has 1 aliphatic rings. The van der Waals surface area contributed by atoms with E-state index in [1.807, 2.05) is 11.0 Å². The highest BCUT2D eigenvalue weighted by atomic mass is 19.4. The van der Waals surface area contributed by atoms with E-state index in [9.17, 15) is 23.2 Å². The molecule has 138 valence electrons. The van der Waals surface area contributed by atoms with Gasteiger partial charge in [0.15, 0.2) is 0 Å². The number of alkyl halides is 3. The van der Waals surface area contributed by atoms with Crippen LogP contribution in [0.4, 0.5) is 24.5 Å². The minimum absolute atomic E-state index is 0.306. The van der Waals surface area contributed by atoms with Crippen LogP contribution in [0.5, 0.6) is 0 Å². The number of hydrogen-bond donors (Lipinski definition) is 1. The van der Waals surface area contributed by atoms with Crippen molar-refractivity contribution >= 4 is 17.3 Å². The lowest BCUT2D eigenvalue weighted by molar-refractivity contribution is -0.137. The maximum Gasteiger partial charge on any atom is 0.416 e. The second-order valence-electron chi connectivity index (χ2n) is 6.18. The number of anilines is 2. The number of amides is 1. The number of halogens is 3. The molecule has 4 nitrogen and oxygen atoms in total. The van der Waals surface area contributed by atoms with Crippen molar-refractivity contribution in [1.82, 2.24) is 5.32 Å². The number of nitriles is 1. The van der Waals surface area contributed by atoms with Crippen LogP contribution >= 0.6 is 0 Å². The molecule has 2 aromatic rings. The fourth-order valence-electron chi connectivity index (χ4n) is 3.21. The predicted octanol–water partition coefficient (Wildman–Crippen LogP) is 3.94. The van der Waals surface area contributed by atoms with Gasteiger partial charge in [-0.1, -0.05) is 12.6 Å². The molecule has 0 fully saturated rings. The van der Waals surface area contributed by atoms with Crippen LogP contribution in [0.3, 0.4) is 0 Å². The van der Waals surface area contributed by atoms with Gasteiger partial charge in [0.05, 0.1) is 23.2 Å². The van der Waals surface area contributed by atoms with Crippen LogP contribution in [0.1, 0.15) is 16.7 Å². The quantitative estimate of drug-likeness (QED) is 0.832. The summed E-state index contributed by atoms with van der Waals surface area (Å²) in [6, 6.07) is 11.9. The summed E-state index contributed by atoms with van der Waals surface area (Å²) in [5.41, 5.74) is 1.79. The van der Waals surface area contributed by atoms with Gasteiger partial charge >= 0.3 is 6.18 Å². The lowest BCUT2D eigenvalue weighted by Crippen LogP contribution is -2.46. The highest BCUT2D eigenvalue weighted by molar-refractivity contribution is 5.87. The van der Waals surface area contributed by atoms with Crippen LogP contribution in [0.25, 0.3) is 0 Å². The molecule has 1 heterocycles. The van der Waals surface area contributed by atoms with Gasteiger partial charge in [-0.3, -0.25) is 4.79 Å². The Kier molecular flexibility index (Phi) is 4.91. The Balaban J connectivity index is 2.02. The molecule has 3 rings (SSSR count). The van der Waals surface area contributed by atoms with Crippen LogP contribution in [0.2, 0.25) is 0 Å². The van der Waals surface area contributed by atoms with E-state index in [1.165, 1.54) is 12.1 Å². The van der Waals surface area contributed by atoms with Gasteiger partial charge in [0.25, 0.3) is 0 Å². The molecule has 7 heteroatoms. The summed E-state index contributed by atoms with van der Waals surface area (Å²) < 4.78 is 38.5. The molecular formula is C20H16F3N3O. The zero-order valence-electron chi connectivity index (χ0n) is 14.3. The average Bonchev–Trinajstić information content (AvgIpc) is 2.66. The molecule has 0 saturated carbocycles. The van der Waals surface area contributed by atoms with Gasteiger partial charge in [0, 0.05) is 17.9 Å². The van der Waals surface area contributed by atoms with E-state index in [1.54, 1.807) is 12.1 Å². The van der Waals surface area contributed by atoms with E-state index in [-0.39, 0.29) is 11.9 Å². The van der Waals surface area contributed by atoms with Crippen molar-refractivity contribution in [1.29, 1.82) is 5.26 Å². The summed E-state index contributed by atoms with van der Waals surface area (Å²) in [7, 11) is 0. The van der Waals surface area contributed by atoms with Crippen molar-refractivity contribution < 1.29 is 18.0 Å². The summed E-state index contributed by atoms with van der Waals surface area (Å²) in [6.45, 7) is 3.80. The highest BCUT2D eigenvalue weighted by Gasteiger charge is 2.31. The molecule has 2 aromatic carbocycles. The number of benzene rings is 2. The third-order valence-electron chi connectivity index (χ3n) is 4.45. The number of carbonyl (C=O) groups excluding carboxylic acids is 1. The number of fused-ring (bicyclic) bond motifs is 1. The summed E-state index contributed by atoms with van der Waals surface area (Å²) in [5.74, 6) is -0.342. The van der Waals surface area contributed by atoms with E-state index in [0.717, 1.165) is 29.5 Å². The minimum atomic E-state index is -4.41. The Morgan fingerprint density at radius 2 is 1.96 bits per heavy atom. The van der Waals surface area contributed by atoms with Gasteiger partial charge in [0.2, 0.25) is 5.91 Å². The fraction of sp³-hybridized carbons (Fsp3) is 0.200. The largest absolute Gasteiger partial charge is 0.416 e. The Hall–Kier alpha value is -3.27.